The van der Waals surface area contributed by atoms with Crippen molar-refractivity contribution in [1.29, 1.82) is 0 Å². The minimum atomic E-state index is -0.105. The number of aryl methyl sites for hydroxylation is 1. The number of carbonyl (C=O) groups is 2. The molecule has 6 heteroatoms. The van der Waals surface area contributed by atoms with E-state index >= 15 is 0 Å². The van der Waals surface area contributed by atoms with Crippen molar-refractivity contribution in [3.05, 3.63) is 82.0 Å². The van der Waals surface area contributed by atoms with Gasteiger partial charge in [-0.25, -0.2) is 0 Å². The fraction of sp³-hybridized carbons (Fsp3) is 0.182. The second-order valence-electron chi connectivity index (χ2n) is 6.50. The highest BCUT2D eigenvalue weighted by molar-refractivity contribution is 8.00. The number of thioether (sulfide) groups is 1. The predicted octanol–water partition coefficient (Wildman–Crippen LogP) is 5.34. The van der Waals surface area contributed by atoms with E-state index in [1.807, 2.05) is 52.7 Å². The average molecular weight is 409 g/mol. The highest BCUT2D eigenvalue weighted by atomic mass is 32.2. The van der Waals surface area contributed by atoms with Crippen molar-refractivity contribution in [2.24, 2.45) is 0 Å². The Balaban J connectivity index is 1.54. The predicted molar refractivity (Wildman–Crippen MR) is 117 cm³/mol. The molecule has 0 saturated carbocycles. The van der Waals surface area contributed by atoms with Gasteiger partial charge >= 0.3 is 0 Å². The van der Waals surface area contributed by atoms with E-state index in [9.17, 15) is 9.59 Å². The standard InChI is InChI=1S/C22H20N2O2S2/c1-2-15-5-3-6-18(13-15)24-20(25)14-28-22(24)16-8-10-17(11-9-16)23-21(26)19-7-4-12-27-19/h3-13,22H,2,14H2,1H3,(H,23,26)/t22-/m1/s1. The van der Waals surface area contributed by atoms with Gasteiger partial charge in [0, 0.05) is 11.4 Å². The van der Waals surface area contributed by atoms with Gasteiger partial charge in [-0.1, -0.05) is 37.3 Å². The van der Waals surface area contributed by atoms with Gasteiger partial charge in [-0.05, 0) is 53.3 Å². The first-order chi connectivity index (χ1) is 13.7. The number of hydrogen-bond donors (Lipinski definition) is 1. The summed E-state index contributed by atoms with van der Waals surface area (Å²) in [5.74, 6) is 0.488. The molecule has 1 saturated heterocycles. The van der Waals surface area contributed by atoms with Gasteiger partial charge in [0.15, 0.2) is 0 Å². The number of thiophene rings is 1. The smallest absolute Gasteiger partial charge is 0.265 e. The third-order valence-electron chi connectivity index (χ3n) is 4.66. The van der Waals surface area contributed by atoms with Gasteiger partial charge in [-0.2, -0.15) is 0 Å². The van der Waals surface area contributed by atoms with Gasteiger partial charge in [0.25, 0.3) is 5.91 Å². The third-order valence-corrected chi connectivity index (χ3v) is 6.74. The quantitative estimate of drug-likeness (QED) is 0.620. The van der Waals surface area contributed by atoms with Crippen molar-refractivity contribution in [3.8, 4) is 0 Å². The zero-order valence-electron chi connectivity index (χ0n) is 15.4. The fourth-order valence-corrected chi connectivity index (χ4v) is 5.00. The van der Waals surface area contributed by atoms with Crippen LogP contribution in [0.1, 0.15) is 33.1 Å². The Bertz CT molecular complexity index is 984. The van der Waals surface area contributed by atoms with Crippen LogP contribution >= 0.6 is 23.1 Å². The summed E-state index contributed by atoms with van der Waals surface area (Å²) in [7, 11) is 0. The first-order valence-corrected chi connectivity index (χ1v) is 11.1. The number of hydrogen-bond acceptors (Lipinski definition) is 4. The summed E-state index contributed by atoms with van der Waals surface area (Å²) in [6.07, 6.45) is 0.937. The van der Waals surface area contributed by atoms with E-state index in [2.05, 4.69) is 24.4 Å². The van der Waals surface area contributed by atoms with Crippen molar-refractivity contribution >= 4 is 46.3 Å². The Morgan fingerprint density at radius 3 is 2.68 bits per heavy atom. The molecule has 142 valence electrons. The molecule has 4 nitrogen and oxygen atoms in total. The molecule has 0 bridgehead atoms. The molecule has 1 fully saturated rings. The topological polar surface area (TPSA) is 49.4 Å². The van der Waals surface area contributed by atoms with Crippen molar-refractivity contribution in [2.45, 2.75) is 18.7 Å². The Kier molecular flexibility index (Phi) is 5.50. The number of amides is 2. The Hall–Kier alpha value is -2.57. The van der Waals surface area contributed by atoms with E-state index in [1.54, 1.807) is 17.8 Å². The fourth-order valence-electron chi connectivity index (χ4n) is 3.21. The van der Waals surface area contributed by atoms with Gasteiger partial charge in [0.05, 0.1) is 10.6 Å². The lowest BCUT2D eigenvalue weighted by atomic mass is 10.1. The zero-order chi connectivity index (χ0) is 19.5. The van der Waals surface area contributed by atoms with Crippen LogP contribution in [0.5, 0.6) is 0 Å². The van der Waals surface area contributed by atoms with Gasteiger partial charge in [-0.3, -0.25) is 14.5 Å². The number of anilines is 2. The first kappa shape index (κ1) is 18.8. The second kappa shape index (κ2) is 8.20. The Morgan fingerprint density at radius 2 is 1.96 bits per heavy atom. The normalized spacial score (nSPS) is 16.4. The third kappa shape index (κ3) is 3.84. The molecule has 1 aliphatic rings. The molecule has 2 aromatic carbocycles. The van der Waals surface area contributed by atoms with E-state index in [-0.39, 0.29) is 17.2 Å². The van der Waals surface area contributed by atoms with Crippen LogP contribution < -0.4 is 10.2 Å². The van der Waals surface area contributed by atoms with Crippen LogP contribution in [0.25, 0.3) is 0 Å². The van der Waals surface area contributed by atoms with Crippen molar-refractivity contribution in [2.75, 3.05) is 16.0 Å². The van der Waals surface area contributed by atoms with Gasteiger partial charge in [0.1, 0.15) is 5.37 Å². The SMILES string of the molecule is CCc1cccc(N2C(=O)CS[C@@H]2c2ccc(NC(=O)c3cccs3)cc2)c1. The lowest BCUT2D eigenvalue weighted by Gasteiger charge is -2.25. The first-order valence-electron chi connectivity index (χ1n) is 9.13. The summed E-state index contributed by atoms with van der Waals surface area (Å²) >= 11 is 3.04. The van der Waals surface area contributed by atoms with Crippen LogP contribution in [0, 0.1) is 0 Å². The molecule has 2 heterocycles. The summed E-state index contributed by atoms with van der Waals surface area (Å²) in [5.41, 5.74) is 3.95. The molecule has 3 aromatic rings. The average Bonchev–Trinajstić information content (AvgIpc) is 3.39. The van der Waals surface area contributed by atoms with Crippen LogP contribution in [-0.4, -0.2) is 17.6 Å². The maximum atomic E-state index is 12.6. The molecule has 4 rings (SSSR count). The summed E-state index contributed by atoms with van der Waals surface area (Å²) < 4.78 is 0. The lowest BCUT2D eigenvalue weighted by molar-refractivity contribution is -0.115. The van der Waals surface area contributed by atoms with E-state index in [0.717, 1.165) is 23.4 Å². The van der Waals surface area contributed by atoms with Crippen LogP contribution in [0.15, 0.2) is 66.0 Å². The van der Waals surface area contributed by atoms with E-state index in [0.29, 0.717) is 10.6 Å². The largest absolute Gasteiger partial charge is 0.321 e. The van der Waals surface area contributed by atoms with Crippen LogP contribution in [0.2, 0.25) is 0 Å². The molecule has 1 aliphatic heterocycles. The minimum absolute atomic E-state index is 0.0540. The van der Waals surface area contributed by atoms with Crippen molar-refractivity contribution in [3.63, 3.8) is 0 Å². The monoisotopic (exact) mass is 408 g/mol. The number of rotatable bonds is 5. The maximum absolute atomic E-state index is 12.6. The molecule has 1 atom stereocenters. The van der Waals surface area contributed by atoms with Crippen LogP contribution in [-0.2, 0) is 11.2 Å². The number of nitrogens with one attached hydrogen (secondary N) is 1. The summed E-state index contributed by atoms with van der Waals surface area (Å²) in [6, 6.07) is 19.6. The second-order valence-corrected chi connectivity index (χ2v) is 8.52. The summed E-state index contributed by atoms with van der Waals surface area (Å²) in [5, 5.41) is 4.74. The van der Waals surface area contributed by atoms with Crippen LogP contribution in [0.3, 0.4) is 0 Å². The highest BCUT2D eigenvalue weighted by Gasteiger charge is 2.34. The molecule has 0 unspecified atom stereocenters. The number of nitrogens with zero attached hydrogens (tertiary/aromatic N) is 1. The molecule has 0 aliphatic carbocycles. The van der Waals surface area contributed by atoms with Crippen LogP contribution in [0.4, 0.5) is 11.4 Å². The van der Waals surface area contributed by atoms with Crippen molar-refractivity contribution < 1.29 is 9.59 Å². The van der Waals surface area contributed by atoms with Crippen molar-refractivity contribution in [1.82, 2.24) is 0 Å². The minimum Gasteiger partial charge on any atom is -0.321 e. The molecule has 28 heavy (non-hydrogen) atoms. The molecule has 0 spiro atoms. The molecule has 2 amide bonds. The Morgan fingerprint density at radius 1 is 1.14 bits per heavy atom. The summed E-state index contributed by atoms with van der Waals surface area (Å²) in [4.78, 5) is 27.3. The van der Waals surface area contributed by atoms with Gasteiger partial charge in [-0.15, -0.1) is 23.1 Å². The molecular weight excluding hydrogens is 388 g/mol. The molecular formula is C22H20N2O2S2. The van der Waals surface area contributed by atoms with E-state index in [4.69, 9.17) is 0 Å². The zero-order valence-corrected chi connectivity index (χ0v) is 17.1. The van der Waals surface area contributed by atoms with Gasteiger partial charge in [0.2, 0.25) is 5.91 Å². The lowest BCUT2D eigenvalue weighted by Crippen LogP contribution is -2.27. The maximum Gasteiger partial charge on any atom is 0.265 e. The molecule has 1 N–H and O–H groups in total. The highest BCUT2D eigenvalue weighted by Crippen LogP contribution is 2.42. The van der Waals surface area contributed by atoms with E-state index in [1.165, 1.54) is 16.9 Å². The van der Waals surface area contributed by atoms with Gasteiger partial charge < -0.3 is 5.32 Å². The van der Waals surface area contributed by atoms with E-state index < -0.39 is 0 Å². The molecule has 1 aromatic heterocycles. The number of carbonyl (C=O) groups excluding carboxylic acids is 2. The summed E-state index contributed by atoms with van der Waals surface area (Å²) in [6.45, 7) is 2.11. The number of benzene rings is 2. The molecule has 0 radical (unpaired) electrons. The Labute approximate surface area is 172 Å².